The van der Waals surface area contributed by atoms with Gasteiger partial charge < -0.3 is 15.5 Å². The lowest BCUT2D eigenvalue weighted by atomic mass is 10.2. The average Bonchev–Trinajstić information content (AvgIpc) is 3.23. The molecule has 0 aromatic carbocycles. The molecule has 0 saturated carbocycles. The van der Waals surface area contributed by atoms with E-state index in [1.54, 1.807) is 18.4 Å². The first kappa shape index (κ1) is 19.0. The fourth-order valence-electron chi connectivity index (χ4n) is 3.04. The summed E-state index contributed by atoms with van der Waals surface area (Å²) in [6.07, 6.45) is 5.49. The van der Waals surface area contributed by atoms with Gasteiger partial charge in [0, 0.05) is 47.4 Å². The first-order chi connectivity index (χ1) is 13.0. The molecule has 2 aromatic heterocycles. The van der Waals surface area contributed by atoms with Gasteiger partial charge in [0.05, 0.1) is 18.4 Å². The number of thiophene rings is 1. The smallest absolute Gasteiger partial charge is 0.243 e. The lowest BCUT2D eigenvalue weighted by molar-refractivity contribution is -0.124. The van der Waals surface area contributed by atoms with Crippen molar-refractivity contribution < 1.29 is 9.59 Å². The van der Waals surface area contributed by atoms with Crippen LogP contribution < -0.4 is 10.6 Å². The molecule has 1 atom stereocenters. The van der Waals surface area contributed by atoms with E-state index < -0.39 is 0 Å². The number of allylic oxidation sites excluding steroid dienone is 1. The van der Waals surface area contributed by atoms with Crippen LogP contribution >= 0.6 is 11.3 Å². The minimum atomic E-state index is -0.246. The van der Waals surface area contributed by atoms with Gasteiger partial charge in [-0.2, -0.15) is 0 Å². The van der Waals surface area contributed by atoms with Crippen LogP contribution in [-0.2, 0) is 16.1 Å². The summed E-state index contributed by atoms with van der Waals surface area (Å²) in [7, 11) is 3.53. The number of amidine groups is 1. The molecule has 1 aliphatic rings. The number of amides is 1. The van der Waals surface area contributed by atoms with Gasteiger partial charge in [0.1, 0.15) is 11.9 Å². The molecule has 0 bridgehead atoms. The van der Waals surface area contributed by atoms with Crippen LogP contribution in [0.3, 0.4) is 0 Å². The Kier molecular flexibility index (Phi) is 5.85. The Labute approximate surface area is 162 Å². The van der Waals surface area contributed by atoms with Crippen molar-refractivity contribution in [1.82, 2.24) is 20.5 Å². The molecular weight excluding hydrogens is 362 g/mol. The monoisotopic (exact) mass is 385 g/mol. The number of nitrogens with one attached hydrogen (secondary N) is 2. The van der Waals surface area contributed by atoms with E-state index in [-0.39, 0.29) is 11.9 Å². The fourth-order valence-corrected chi connectivity index (χ4v) is 4.11. The summed E-state index contributed by atoms with van der Waals surface area (Å²) < 4.78 is 1.18. The van der Waals surface area contributed by atoms with Crippen molar-refractivity contribution in [2.75, 3.05) is 14.1 Å². The predicted octanol–water partition coefficient (Wildman–Crippen LogP) is 1.97. The second kappa shape index (κ2) is 8.30. The van der Waals surface area contributed by atoms with Crippen LogP contribution in [0.25, 0.3) is 10.1 Å². The van der Waals surface area contributed by atoms with Gasteiger partial charge in [-0.1, -0.05) is 0 Å². The summed E-state index contributed by atoms with van der Waals surface area (Å²) >= 11 is 1.67. The van der Waals surface area contributed by atoms with Gasteiger partial charge in [-0.15, -0.1) is 11.3 Å². The van der Waals surface area contributed by atoms with Crippen molar-refractivity contribution in [3.05, 3.63) is 40.8 Å². The molecule has 1 aliphatic heterocycles. The summed E-state index contributed by atoms with van der Waals surface area (Å²) in [5.74, 6) is 0.788. The van der Waals surface area contributed by atoms with Gasteiger partial charge in [0.2, 0.25) is 5.91 Å². The number of aliphatic imine (C=N–C) groups is 1. The molecule has 0 aliphatic carbocycles. The SMILES string of the molecule is CN/C(C=O)=C/N=C1CCC(C(=O)NCc2cc3cnc(C)cc3s2)N1C. The maximum absolute atomic E-state index is 12.6. The summed E-state index contributed by atoms with van der Waals surface area (Å²) in [5.41, 5.74) is 1.39. The van der Waals surface area contributed by atoms with Crippen LogP contribution in [0.5, 0.6) is 0 Å². The highest BCUT2D eigenvalue weighted by molar-refractivity contribution is 7.19. The zero-order valence-corrected chi connectivity index (χ0v) is 16.5. The van der Waals surface area contributed by atoms with Crippen LogP contribution in [0.1, 0.15) is 23.4 Å². The van der Waals surface area contributed by atoms with Crippen LogP contribution in [-0.4, -0.2) is 48.1 Å². The number of pyridine rings is 1. The minimum Gasteiger partial charge on any atom is -0.384 e. The molecule has 142 valence electrons. The third-order valence-electron chi connectivity index (χ3n) is 4.61. The standard InChI is InChI=1S/C19H23N5O2S/c1-12-6-17-13(8-21-12)7-15(27-17)10-23-19(26)16-4-5-18(24(16)3)22-9-14(11-25)20-2/h6-9,11,16,20H,4-5,10H2,1-3H3,(H,23,26)/b14-9+,22-18?. The minimum absolute atomic E-state index is 0.0114. The van der Waals surface area contributed by atoms with Gasteiger partial charge in [0.15, 0.2) is 6.29 Å². The van der Waals surface area contributed by atoms with Gasteiger partial charge in [0.25, 0.3) is 0 Å². The topological polar surface area (TPSA) is 86.7 Å². The molecular formula is C19H23N5O2S. The van der Waals surface area contributed by atoms with E-state index in [2.05, 4.69) is 32.7 Å². The molecule has 8 heteroatoms. The lowest BCUT2D eigenvalue weighted by Crippen LogP contribution is -2.42. The molecule has 3 rings (SSSR count). The maximum Gasteiger partial charge on any atom is 0.243 e. The highest BCUT2D eigenvalue weighted by atomic mass is 32.1. The van der Waals surface area contributed by atoms with E-state index in [0.717, 1.165) is 21.8 Å². The highest BCUT2D eigenvalue weighted by Gasteiger charge is 2.31. The molecule has 27 heavy (non-hydrogen) atoms. The number of aldehydes is 1. The molecule has 2 aromatic rings. The van der Waals surface area contributed by atoms with Crippen LogP contribution in [0.2, 0.25) is 0 Å². The van der Waals surface area contributed by atoms with Crippen molar-refractivity contribution in [3.63, 3.8) is 0 Å². The van der Waals surface area contributed by atoms with E-state index in [0.29, 0.717) is 31.4 Å². The summed E-state index contributed by atoms with van der Waals surface area (Å²) in [5, 5.41) is 6.89. The Morgan fingerprint density at radius 1 is 1.48 bits per heavy atom. The van der Waals surface area contributed by atoms with E-state index in [9.17, 15) is 9.59 Å². The zero-order chi connectivity index (χ0) is 19.4. The van der Waals surface area contributed by atoms with Crippen molar-refractivity contribution in [1.29, 1.82) is 0 Å². The second-order valence-corrected chi connectivity index (χ2v) is 7.63. The number of aromatic nitrogens is 1. The normalized spacial score (nSPS) is 18.9. The van der Waals surface area contributed by atoms with Crippen molar-refractivity contribution >= 4 is 39.5 Å². The van der Waals surface area contributed by atoms with Crippen molar-refractivity contribution in [2.45, 2.75) is 32.4 Å². The number of hydrogen-bond donors (Lipinski definition) is 2. The first-order valence-corrected chi connectivity index (χ1v) is 9.59. The number of nitrogens with zero attached hydrogens (tertiary/aromatic N) is 3. The number of hydrogen-bond acceptors (Lipinski definition) is 6. The molecule has 0 radical (unpaired) electrons. The highest BCUT2D eigenvalue weighted by Crippen LogP contribution is 2.25. The fraction of sp³-hybridized carbons (Fsp3) is 0.368. The Hall–Kier alpha value is -2.74. The molecule has 1 fully saturated rings. The number of likely N-dealkylation sites (tertiary alicyclic amines) is 1. The number of carbonyl (C=O) groups is 2. The Bertz CT molecular complexity index is 918. The molecule has 0 spiro atoms. The van der Waals surface area contributed by atoms with Gasteiger partial charge in [-0.05, 0) is 25.5 Å². The number of likely N-dealkylation sites (N-methyl/N-ethyl adjacent to an activating group) is 2. The Morgan fingerprint density at radius 2 is 2.30 bits per heavy atom. The maximum atomic E-state index is 12.6. The quantitative estimate of drug-likeness (QED) is 0.586. The van der Waals surface area contributed by atoms with E-state index >= 15 is 0 Å². The number of rotatable bonds is 6. The van der Waals surface area contributed by atoms with Crippen molar-refractivity contribution in [3.8, 4) is 0 Å². The third kappa shape index (κ3) is 4.33. The number of fused-ring (bicyclic) bond motifs is 1. The van der Waals surface area contributed by atoms with Gasteiger partial charge in [-0.3, -0.25) is 14.6 Å². The molecule has 1 saturated heterocycles. The average molecular weight is 385 g/mol. The largest absolute Gasteiger partial charge is 0.384 e. The summed E-state index contributed by atoms with van der Waals surface area (Å²) in [6, 6.07) is 3.89. The predicted molar refractivity (Wildman–Crippen MR) is 108 cm³/mol. The summed E-state index contributed by atoms with van der Waals surface area (Å²) in [4.78, 5) is 35.0. The second-order valence-electron chi connectivity index (χ2n) is 6.46. The van der Waals surface area contributed by atoms with Gasteiger partial charge >= 0.3 is 0 Å². The van der Waals surface area contributed by atoms with E-state index in [4.69, 9.17) is 0 Å². The number of carbonyl (C=O) groups excluding carboxylic acids is 2. The molecule has 3 heterocycles. The van der Waals surface area contributed by atoms with E-state index in [1.807, 2.05) is 25.1 Å². The van der Waals surface area contributed by atoms with Crippen LogP contribution in [0.4, 0.5) is 0 Å². The number of aryl methyl sites for hydroxylation is 1. The third-order valence-corrected chi connectivity index (χ3v) is 5.71. The molecule has 7 nitrogen and oxygen atoms in total. The van der Waals surface area contributed by atoms with Gasteiger partial charge in [-0.25, -0.2) is 4.99 Å². The zero-order valence-electron chi connectivity index (χ0n) is 15.7. The van der Waals surface area contributed by atoms with Crippen LogP contribution in [0, 0.1) is 6.92 Å². The lowest BCUT2D eigenvalue weighted by Gasteiger charge is -2.21. The molecule has 1 amide bonds. The van der Waals surface area contributed by atoms with Crippen molar-refractivity contribution in [2.24, 2.45) is 4.99 Å². The Balaban J connectivity index is 1.61. The molecule has 1 unspecified atom stereocenters. The van der Waals surface area contributed by atoms with E-state index in [1.165, 1.54) is 10.9 Å². The first-order valence-electron chi connectivity index (χ1n) is 8.77. The summed E-state index contributed by atoms with van der Waals surface area (Å²) in [6.45, 7) is 2.47. The molecule has 2 N–H and O–H groups in total. The van der Waals surface area contributed by atoms with Crippen LogP contribution in [0.15, 0.2) is 35.2 Å². The Morgan fingerprint density at radius 3 is 3.04 bits per heavy atom.